The van der Waals surface area contributed by atoms with E-state index in [0.29, 0.717) is 12.5 Å². The number of rotatable bonds is 4. The number of fused-ring (bicyclic) bond motifs is 2. The van der Waals surface area contributed by atoms with Gasteiger partial charge in [-0.1, -0.05) is 11.6 Å². The van der Waals surface area contributed by atoms with Crippen LogP contribution in [-0.4, -0.2) is 28.7 Å². The molecule has 2 saturated carbocycles. The lowest BCUT2D eigenvalue weighted by Gasteiger charge is -2.21. The standard InChI is InChI=1S/C13H16N2O4/c16-12(10-5-11(13(17)18)19-15-10)14-6-9-4-7-1-2-8(9)3-7/h5,7-9H,1-4,6H2,(H,14,16)(H,17,18). The fourth-order valence-electron chi connectivity index (χ4n) is 3.42. The Balaban J connectivity index is 1.54. The van der Waals surface area contributed by atoms with Crippen molar-refractivity contribution in [1.82, 2.24) is 10.5 Å². The second-order valence-electron chi connectivity index (χ2n) is 5.53. The predicted octanol–water partition coefficient (Wildman–Crippen LogP) is 1.54. The van der Waals surface area contributed by atoms with Gasteiger partial charge >= 0.3 is 5.97 Å². The molecule has 2 N–H and O–H groups in total. The smallest absolute Gasteiger partial charge is 0.374 e. The third kappa shape index (κ3) is 2.34. The van der Waals surface area contributed by atoms with Crippen molar-refractivity contribution in [3.63, 3.8) is 0 Å². The molecule has 3 unspecified atom stereocenters. The van der Waals surface area contributed by atoms with Gasteiger partial charge in [-0.25, -0.2) is 4.79 Å². The summed E-state index contributed by atoms with van der Waals surface area (Å²) >= 11 is 0. The largest absolute Gasteiger partial charge is 0.475 e. The summed E-state index contributed by atoms with van der Waals surface area (Å²) in [6.45, 7) is 0.648. The summed E-state index contributed by atoms with van der Waals surface area (Å²) in [4.78, 5) is 22.4. The summed E-state index contributed by atoms with van der Waals surface area (Å²) in [6, 6.07) is 1.15. The van der Waals surface area contributed by atoms with Crippen molar-refractivity contribution < 1.29 is 19.2 Å². The van der Waals surface area contributed by atoms with E-state index < -0.39 is 5.97 Å². The lowest BCUT2D eigenvalue weighted by molar-refractivity contribution is 0.0651. The third-order valence-corrected chi connectivity index (χ3v) is 4.36. The van der Waals surface area contributed by atoms with Crippen LogP contribution in [0.3, 0.4) is 0 Å². The van der Waals surface area contributed by atoms with Crippen molar-refractivity contribution in [1.29, 1.82) is 0 Å². The number of carboxylic acid groups (broad SMARTS) is 1. The molecule has 2 fully saturated rings. The number of aromatic carboxylic acids is 1. The number of hydrogen-bond donors (Lipinski definition) is 2. The number of amides is 1. The Morgan fingerprint density at radius 1 is 1.42 bits per heavy atom. The number of nitrogens with zero attached hydrogens (tertiary/aromatic N) is 1. The van der Waals surface area contributed by atoms with Gasteiger partial charge in [0, 0.05) is 12.6 Å². The van der Waals surface area contributed by atoms with Crippen LogP contribution in [0, 0.1) is 17.8 Å². The predicted molar refractivity (Wildman–Crippen MR) is 64.7 cm³/mol. The number of aromatic nitrogens is 1. The molecule has 0 saturated heterocycles. The van der Waals surface area contributed by atoms with Crippen LogP contribution in [0.1, 0.15) is 46.7 Å². The Kier molecular flexibility index (Phi) is 3.00. The molecule has 6 heteroatoms. The van der Waals surface area contributed by atoms with Crippen LogP contribution in [0.5, 0.6) is 0 Å². The Morgan fingerprint density at radius 2 is 2.26 bits per heavy atom. The Bertz CT molecular complexity index is 510. The summed E-state index contributed by atoms with van der Waals surface area (Å²) in [5, 5.41) is 15.0. The molecular formula is C13H16N2O4. The highest BCUT2D eigenvalue weighted by Crippen LogP contribution is 2.47. The Morgan fingerprint density at radius 3 is 2.84 bits per heavy atom. The van der Waals surface area contributed by atoms with Gasteiger partial charge in [-0.05, 0) is 37.0 Å². The average Bonchev–Trinajstić information content (AvgIpc) is 3.10. The van der Waals surface area contributed by atoms with E-state index in [1.807, 2.05) is 0 Å². The second-order valence-corrected chi connectivity index (χ2v) is 5.53. The topological polar surface area (TPSA) is 92.4 Å². The van der Waals surface area contributed by atoms with Gasteiger partial charge in [0.15, 0.2) is 5.69 Å². The highest BCUT2D eigenvalue weighted by atomic mass is 16.5. The minimum atomic E-state index is -1.22. The van der Waals surface area contributed by atoms with Gasteiger partial charge < -0.3 is 14.9 Å². The minimum absolute atomic E-state index is 0.0283. The average molecular weight is 264 g/mol. The molecule has 6 nitrogen and oxygen atoms in total. The van der Waals surface area contributed by atoms with E-state index in [1.165, 1.54) is 25.7 Å². The van der Waals surface area contributed by atoms with Crippen LogP contribution < -0.4 is 5.32 Å². The normalized spacial score (nSPS) is 28.5. The van der Waals surface area contributed by atoms with Crippen LogP contribution >= 0.6 is 0 Å². The van der Waals surface area contributed by atoms with E-state index >= 15 is 0 Å². The van der Waals surface area contributed by atoms with Crippen LogP contribution in [0.4, 0.5) is 0 Å². The molecule has 1 amide bonds. The van der Waals surface area contributed by atoms with E-state index in [0.717, 1.165) is 17.9 Å². The lowest BCUT2D eigenvalue weighted by Crippen LogP contribution is -2.31. The first-order chi connectivity index (χ1) is 9.13. The Labute approximate surface area is 110 Å². The fraction of sp³-hybridized carbons (Fsp3) is 0.615. The van der Waals surface area contributed by atoms with Crippen molar-refractivity contribution >= 4 is 11.9 Å². The first kappa shape index (κ1) is 12.2. The van der Waals surface area contributed by atoms with Gasteiger partial charge in [-0.15, -0.1) is 0 Å². The van der Waals surface area contributed by atoms with Crippen LogP contribution in [0.25, 0.3) is 0 Å². The summed E-state index contributed by atoms with van der Waals surface area (Å²) in [6.07, 6.45) is 5.11. The molecule has 0 aromatic carbocycles. The SMILES string of the molecule is O=C(NCC1CC2CCC1C2)c1cc(C(=O)O)on1. The molecule has 3 rings (SSSR count). The molecule has 102 valence electrons. The van der Waals surface area contributed by atoms with Gasteiger partial charge in [0.2, 0.25) is 5.76 Å². The van der Waals surface area contributed by atoms with Crippen molar-refractivity contribution in [2.75, 3.05) is 6.54 Å². The molecule has 19 heavy (non-hydrogen) atoms. The van der Waals surface area contributed by atoms with Gasteiger partial charge in [0.25, 0.3) is 5.91 Å². The number of carbonyl (C=O) groups excluding carboxylic acids is 1. The quantitative estimate of drug-likeness (QED) is 0.860. The lowest BCUT2D eigenvalue weighted by atomic mass is 9.89. The molecule has 0 aliphatic heterocycles. The van der Waals surface area contributed by atoms with Crippen LogP contribution in [0.15, 0.2) is 10.6 Å². The molecule has 2 aliphatic rings. The first-order valence-corrected chi connectivity index (χ1v) is 6.61. The van der Waals surface area contributed by atoms with Crippen molar-refractivity contribution in [3.8, 4) is 0 Å². The third-order valence-electron chi connectivity index (χ3n) is 4.36. The van der Waals surface area contributed by atoms with Gasteiger partial charge in [0.05, 0.1) is 0 Å². The zero-order valence-electron chi connectivity index (χ0n) is 10.5. The van der Waals surface area contributed by atoms with Gasteiger partial charge in [0.1, 0.15) is 0 Å². The fourth-order valence-corrected chi connectivity index (χ4v) is 3.42. The Hall–Kier alpha value is -1.85. The monoisotopic (exact) mass is 264 g/mol. The number of carbonyl (C=O) groups is 2. The zero-order valence-corrected chi connectivity index (χ0v) is 10.5. The van der Waals surface area contributed by atoms with Crippen molar-refractivity contribution in [3.05, 3.63) is 17.5 Å². The van der Waals surface area contributed by atoms with Crippen LogP contribution in [-0.2, 0) is 0 Å². The molecule has 1 heterocycles. The molecule has 0 radical (unpaired) electrons. The molecule has 2 aliphatic carbocycles. The van der Waals surface area contributed by atoms with Crippen molar-refractivity contribution in [2.24, 2.45) is 17.8 Å². The maximum Gasteiger partial charge on any atom is 0.374 e. The highest BCUT2D eigenvalue weighted by Gasteiger charge is 2.39. The van der Waals surface area contributed by atoms with E-state index in [2.05, 4.69) is 15.0 Å². The number of nitrogens with one attached hydrogen (secondary N) is 1. The summed E-state index contributed by atoms with van der Waals surface area (Å²) in [7, 11) is 0. The minimum Gasteiger partial charge on any atom is -0.475 e. The van der Waals surface area contributed by atoms with Gasteiger partial charge in [-0.2, -0.15) is 0 Å². The molecule has 1 aromatic rings. The molecule has 2 bridgehead atoms. The highest BCUT2D eigenvalue weighted by molar-refractivity contribution is 5.94. The number of carboxylic acids is 1. The van der Waals surface area contributed by atoms with Crippen molar-refractivity contribution in [2.45, 2.75) is 25.7 Å². The van der Waals surface area contributed by atoms with Gasteiger partial charge in [-0.3, -0.25) is 4.79 Å². The number of hydrogen-bond acceptors (Lipinski definition) is 4. The summed E-state index contributed by atoms with van der Waals surface area (Å²) in [5.74, 6) is 0.257. The molecule has 3 atom stereocenters. The van der Waals surface area contributed by atoms with E-state index in [4.69, 9.17) is 5.11 Å². The summed E-state index contributed by atoms with van der Waals surface area (Å²) in [5.41, 5.74) is 0.0283. The van der Waals surface area contributed by atoms with E-state index in [1.54, 1.807) is 0 Å². The summed E-state index contributed by atoms with van der Waals surface area (Å²) < 4.78 is 4.56. The zero-order chi connectivity index (χ0) is 13.4. The molecular weight excluding hydrogens is 248 g/mol. The molecule has 1 aromatic heterocycles. The maximum atomic E-state index is 11.8. The van der Waals surface area contributed by atoms with Crippen LogP contribution in [0.2, 0.25) is 0 Å². The second kappa shape index (κ2) is 4.68. The first-order valence-electron chi connectivity index (χ1n) is 6.61. The van der Waals surface area contributed by atoms with E-state index in [-0.39, 0.29) is 17.4 Å². The van der Waals surface area contributed by atoms with E-state index in [9.17, 15) is 9.59 Å². The molecule has 0 spiro atoms. The maximum absolute atomic E-state index is 11.8.